The molecular formula is C17H19F3O4. The summed E-state index contributed by atoms with van der Waals surface area (Å²) in [5.41, 5.74) is -0.532. The maximum Gasteiger partial charge on any atom is 0.417 e. The van der Waals surface area contributed by atoms with Crippen molar-refractivity contribution >= 4 is 11.5 Å². The van der Waals surface area contributed by atoms with Crippen LogP contribution in [0.15, 0.2) is 24.3 Å². The molecule has 0 aliphatic carbocycles. The van der Waals surface area contributed by atoms with Gasteiger partial charge >= 0.3 is 12.1 Å². The molecule has 132 valence electrons. The summed E-state index contributed by atoms with van der Waals surface area (Å²) in [4.78, 5) is 11.0. The summed E-state index contributed by atoms with van der Waals surface area (Å²) in [5.74, 6) is -1.28. The van der Waals surface area contributed by atoms with Gasteiger partial charge in [0.2, 0.25) is 0 Å². The predicted octanol–water partition coefficient (Wildman–Crippen LogP) is 4.06. The summed E-state index contributed by atoms with van der Waals surface area (Å²) in [6.45, 7) is 4.15. The third-order valence-corrected chi connectivity index (χ3v) is 3.77. The maximum atomic E-state index is 13.4. The second kappa shape index (κ2) is 7.36. The highest BCUT2D eigenvalue weighted by molar-refractivity contribution is 5.91. The minimum Gasteiger partial charge on any atom is -0.478 e. The number of rotatable bonds is 7. The number of carboxylic acid groups (broad SMARTS) is 1. The van der Waals surface area contributed by atoms with E-state index in [4.69, 9.17) is 14.6 Å². The van der Waals surface area contributed by atoms with E-state index in [0.29, 0.717) is 18.8 Å². The van der Waals surface area contributed by atoms with Gasteiger partial charge in [-0.1, -0.05) is 19.1 Å². The first-order valence-corrected chi connectivity index (χ1v) is 7.61. The molecule has 0 radical (unpaired) electrons. The molecule has 2 atom stereocenters. The summed E-state index contributed by atoms with van der Waals surface area (Å²) < 4.78 is 50.9. The van der Waals surface area contributed by atoms with Crippen LogP contribution in [0.1, 0.15) is 43.1 Å². The van der Waals surface area contributed by atoms with Crippen molar-refractivity contribution in [3.05, 3.63) is 41.0 Å². The van der Waals surface area contributed by atoms with Crippen LogP contribution in [0, 0.1) is 0 Å². The summed E-state index contributed by atoms with van der Waals surface area (Å²) in [5, 5.41) is 8.98. The highest BCUT2D eigenvalue weighted by Crippen LogP contribution is 2.40. The Morgan fingerprint density at radius 2 is 2.17 bits per heavy atom. The predicted molar refractivity (Wildman–Crippen MR) is 81.5 cm³/mol. The Balaban J connectivity index is 2.50. The summed E-state index contributed by atoms with van der Waals surface area (Å²) >= 11 is 0. The first-order valence-electron chi connectivity index (χ1n) is 7.61. The lowest BCUT2D eigenvalue weighted by Gasteiger charge is -2.22. The molecule has 24 heavy (non-hydrogen) atoms. The van der Waals surface area contributed by atoms with Crippen LogP contribution >= 0.6 is 0 Å². The molecule has 1 aliphatic rings. The van der Waals surface area contributed by atoms with Gasteiger partial charge in [0.1, 0.15) is 6.10 Å². The first-order chi connectivity index (χ1) is 11.2. The molecule has 1 saturated heterocycles. The molecular weight excluding hydrogens is 325 g/mol. The average molecular weight is 344 g/mol. The highest BCUT2D eigenvalue weighted by Gasteiger charge is 2.36. The van der Waals surface area contributed by atoms with Gasteiger partial charge in [-0.15, -0.1) is 0 Å². The molecule has 0 aromatic heterocycles. The molecule has 2 rings (SSSR count). The van der Waals surface area contributed by atoms with E-state index < -0.39 is 23.8 Å². The minimum atomic E-state index is -4.59. The zero-order chi connectivity index (χ0) is 17.9. The molecule has 0 saturated carbocycles. The smallest absolute Gasteiger partial charge is 0.417 e. The number of carboxylic acids is 1. The number of alkyl halides is 3. The molecule has 1 aromatic carbocycles. The van der Waals surface area contributed by atoms with Gasteiger partial charge in [-0.05, 0) is 36.1 Å². The third kappa shape index (κ3) is 4.58. The molecule has 1 N–H and O–H groups in total. The van der Waals surface area contributed by atoms with Crippen LogP contribution in [-0.4, -0.2) is 30.4 Å². The third-order valence-electron chi connectivity index (χ3n) is 3.77. The summed E-state index contributed by atoms with van der Waals surface area (Å²) in [7, 11) is 0. The quantitative estimate of drug-likeness (QED) is 0.599. The van der Waals surface area contributed by atoms with E-state index in [1.54, 1.807) is 13.8 Å². The van der Waals surface area contributed by atoms with Gasteiger partial charge in [0.25, 0.3) is 0 Å². The molecule has 1 aromatic rings. The lowest BCUT2D eigenvalue weighted by atomic mass is 9.90. The Kier molecular flexibility index (Phi) is 5.66. The van der Waals surface area contributed by atoms with Crippen LogP contribution in [0.3, 0.4) is 0 Å². The molecule has 1 heterocycles. The van der Waals surface area contributed by atoms with E-state index in [-0.39, 0.29) is 23.7 Å². The fraction of sp³-hybridized carbons (Fsp3) is 0.471. The highest BCUT2D eigenvalue weighted by atomic mass is 19.4. The standard InChI is InChI=1S/C17H19F3O4/c1-3-11(7-15(21)22)16-13(10(2)23-8-12-9-24-12)5-4-6-14(16)17(18,19)20/h4-7,10,12H,3,8-9H2,1-2H3,(H,21,22)/b11-7+/t10-,12+/m1/s1. The number of halogens is 3. The lowest BCUT2D eigenvalue weighted by Crippen LogP contribution is -2.14. The van der Waals surface area contributed by atoms with Gasteiger partial charge in [0, 0.05) is 6.08 Å². The Hall–Kier alpha value is -1.86. The monoisotopic (exact) mass is 344 g/mol. The van der Waals surface area contributed by atoms with E-state index in [1.165, 1.54) is 12.1 Å². The zero-order valence-electron chi connectivity index (χ0n) is 13.4. The molecule has 4 nitrogen and oxygen atoms in total. The summed E-state index contributed by atoms with van der Waals surface area (Å²) in [6.07, 6.45) is -4.23. The second-order valence-electron chi connectivity index (χ2n) is 5.56. The Morgan fingerprint density at radius 1 is 1.50 bits per heavy atom. The molecule has 0 spiro atoms. The van der Waals surface area contributed by atoms with E-state index in [2.05, 4.69) is 0 Å². The van der Waals surface area contributed by atoms with Gasteiger partial charge in [-0.25, -0.2) is 4.79 Å². The largest absolute Gasteiger partial charge is 0.478 e. The number of ether oxygens (including phenoxy) is 2. The molecule has 0 amide bonds. The topological polar surface area (TPSA) is 59.1 Å². The molecule has 7 heteroatoms. The molecule has 0 bridgehead atoms. The van der Waals surface area contributed by atoms with Crippen LogP contribution < -0.4 is 0 Å². The van der Waals surface area contributed by atoms with Crippen molar-refractivity contribution in [2.24, 2.45) is 0 Å². The zero-order valence-corrected chi connectivity index (χ0v) is 13.4. The van der Waals surface area contributed by atoms with Crippen LogP contribution in [0.2, 0.25) is 0 Å². The average Bonchev–Trinajstić information content (AvgIpc) is 3.32. The van der Waals surface area contributed by atoms with Crippen LogP contribution in [0.5, 0.6) is 0 Å². The van der Waals surface area contributed by atoms with Crippen molar-refractivity contribution in [3.63, 3.8) is 0 Å². The van der Waals surface area contributed by atoms with Gasteiger partial charge in [0.15, 0.2) is 0 Å². The van der Waals surface area contributed by atoms with E-state index in [0.717, 1.165) is 12.1 Å². The van der Waals surface area contributed by atoms with Crippen molar-refractivity contribution in [1.29, 1.82) is 0 Å². The van der Waals surface area contributed by atoms with Crippen molar-refractivity contribution in [2.45, 2.75) is 38.7 Å². The number of carbonyl (C=O) groups is 1. The van der Waals surface area contributed by atoms with E-state index in [9.17, 15) is 18.0 Å². The fourth-order valence-corrected chi connectivity index (χ4v) is 2.51. The first kappa shape index (κ1) is 18.5. The van der Waals surface area contributed by atoms with Gasteiger partial charge in [-0.2, -0.15) is 13.2 Å². The van der Waals surface area contributed by atoms with Crippen molar-refractivity contribution in [2.75, 3.05) is 13.2 Å². The normalized spacial score (nSPS) is 19.2. The SMILES string of the molecule is CC/C(=C\C(=O)O)c1c([C@@H](C)OC[C@H]2CO2)cccc1C(F)(F)F. The van der Waals surface area contributed by atoms with Gasteiger partial charge < -0.3 is 14.6 Å². The number of epoxide rings is 1. The Morgan fingerprint density at radius 3 is 2.67 bits per heavy atom. The van der Waals surface area contributed by atoms with Crippen LogP contribution in [0.4, 0.5) is 13.2 Å². The second-order valence-corrected chi connectivity index (χ2v) is 5.56. The Labute approximate surface area is 137 Å². The Bertz CT molecular complexity index is 633. The fourth-order valence-electron chi connectivity index (χ4n) is 2.51. The van der Waals surface area contributed by atoms with Crippen LogP contribution in [-0.2, 0) is 20.4 Å². The molecule has 1 fully saturated rings. The number of benzene rings is 1. The number of hydrogen-bond acceptors (Lipinski definition) is 3. The van der Waals surface area contributed by atoms with Crippen molar-refractivity contribution in [3.8, 4) is 0 Å². The van der Waals surface area contributed by atoms with E-state index in [1.807, 2.05) is 0 Å². The minimum absolute atomic E-state index is 0.0121. The number of aliphatic carboxylic acids is 1. The van der Waals surface area contributed by atoms with Crippen molar-refractivity contribution in [1.82, 2.24) is 0 Å². The van der Waals surface area contributed by atoms with Gasteiger partial charge in [-0.3, -0.25) is 0 Å². The van der Waals surface area contributed by atoms with Gasteiger partial charge in [0.05, 0.1) is 24.9 Å². The number of allylic oxidation sites excluding steroid dienone is 1. The lowest BCUT2D eigenvalue weighted by molar-refractivity contribution is -0.138. The van der Waals surface area contributed by atoms with E-state index >= 15 is 0 Å². The maximum absolute atomic E-state index is 13.4. The molecule has 1 aliphatic heterocycles. The molecule has 0 unspecified atom stereocenters. The van der Waals surface area contributed by atoms with Crippen LogP contribution in [0.25, 0.3) is 5.57 Å². The van der Waals surface area contributed by atoms with Crippen molar-refractivity contribution < 1.29 is 32.5 Å². The summed E-state index contributed by atoms with van der Waals surface area (Å²) in [6, 6.07) is 3.80. The number of hydrogen-bond donors (Lipinski definition) is 1.